The molecule has 2 aliphatic heterocycles. The second-order valence-electron chi connectivity index (χ2n) is 5.30. The van der Waals surface area contributed by atoms with E-state index < -0.39 is 11.9 Å². The molecular weight excluding hydrogens is 282 g/mol. The average Bonchev–Trinajstić information content (AvgIpc) is 2.83. The highest BCUT2D eigenvalue weighted by atomic mass is 16.2. The number of piperidine rings is 1. The lowest BCUT2D eigenvalue weighted by atomic mass is 10.0. The van der Waals surface area contributed by atoms with Crippen LogP contribution in [0.3, 0.4) is 0 Å². The van der Waals surface area contributed by atoms with Gasteiger partial charge in [0.05, 0.1) is 12.1 Å². The third-order valence-electron chi connectivity index (χ3n) is 3.93. The zero-order chi connectivity index (χ0) is 15.7. The molecule has 2 N–H and O–H groups in total. The number of hydrogen-bond acceptors (Lipinski definition) is 4. The second kappa shape index (κ2) is 5.53. The number of anilines is 1. The Bertz CT molecular complexity index is 705. The number of fused-ring (bicyclic) bond motifs is 1. The Morgan fingerprint density at radius 2 is 2.18 bits per heavy atom. The number of rotatable bonds is 3. The average molecular weight is 297 g/mol. The summed E-state index contributed by atoms with van der Waals surface area (Å²) < 4.78 is 0. The topological polar surface area (TPSA) is 78.5 Å². The fraction of sp³-hybridized carbons (Fsp3) is 0.312. The van der Waals surface area contributed by atoms with Crippen LogP contribution in [-0.2, 0) is 16.1 Å². The van der Waals surface area contributed by atoms with Crippen LogP contribution in [0.1, 0.15) is 28.8 Å². The highest BCUT2D eigenvalue weighted by Crippen LogP contribution is 2.32. The van der Waals surface area contributed by atoms with Gasteiger partial charge in [-0.05, 0) is 18.1 Å². The van der Waals surface area contributed by atoms with Crippen molar-refractivity contribution in [2.75, 3.05) is 11.9 Å². The Morgan fingerprint density at radius 1 is 1.36 bits per heavy atom. The molecule has 3 rings (SSSR count). The molecule has 0 aromatic heterocycles. The number of benzene rings is 1. The fourth-order valence-electron chi connectivity index (χ4n) is 2.91. The van der Waals surface area contributed by atoms with E-state index in [2.05, 4.69) is 16.6 Å². The summed E-state index contributed by atoms with van der Waals surface area (Å²) in [6.45, 7) is 0.689. The summed E-state index contributed by atoms with van der Waals surface area (Å²) in [5, 5.41) is 5.32. The van der Waals surface area contributed by atoms with Gasteiger partial charge in [-0.3, -0.25) is 19.7 Å². The van der Waals surface area contributed by atoms with Gasteiger partial charge >= 0.3 is 0 Å². The van der Waals surface area contributed by atoms with Crippen LogP contribution in [-0.4, -0.2) is 35.2 Å². The molecule has 0 radical (unpaired) electrons. The van der Waals surface area contributed by atoms with Gasteiger partial charge in [0.25, 0.3) is 5.91 Å². The van der Waals surface area contributed by atoms with Gasteiger partial charge in [0.15, 0.2) is 0 Å². The Kier molecular flexibility index (Phi) is 3.55. The molecule has 1 atom stereocenters. The van der Waals surface area contributed by atoms with Crippen molar-refractivity contribution in [3.05, 3.63) is 29.3 Å². The number of carbonyl (C=O) groups is 3. The summed E-state index contributed by atoms with van der Waals surface area (Å²) >= 11 is 0. The van der Waals surface area contributed by atoms with Crippen molar-refractivity contribution in [3.63, 3.8) is 0 Å². The van der Waals surface area contributed by atoms with Crippen molar-refractivity contribution in [2.45, 2.75) is 25.4 Å². The molecule has 2 aliphatic rings. The first kappa shape index (κ1) is 14.1. The molecule has 6 heteroatoms. The minimum Gasteiger partial charge on any atom is -0.373 e. The van der Waals surface area contributed by atoms with Crippen LogP contribution in [0, 0.1) is 12.3 Å². The molecule has 3 amide bonds. The molecule has 0 saturated carbocycles. The lowest BCUT2D eigenvalue weighted by molar-refractivity contribution is -0.136. The van der Waals surface area contributed by atoms with Crippen molar-refractivity contribution in [2.24, 2.45) is 0 Å². The second-order valence-corrected chi connectivity index (χ2v) is 5.30. The van der Waals surface area contributed by atoms with Gasteiger partial charge in [-0.2, -0.15) is 0 Å². The molecular formula is C16H15N3O3. The third-order valence-corrected chi connectivity index (χ3v) is 3.93. The molecule has 6 nitrogen and oxygen atoms in total. The van der Waals surface area contributed by atoms with E-state index in [1.165, 1.54) is 4.90 Å². The fourth-order valence-corrected chi connectivity index (χ4v) is 2.91. The molecule has 0 spiro atoms. The monoisotopic (exact) mass is 297 g/mol. The minimum absolute atomic E-state index is 0.204. The van der Waals surface area contributed by atoms with Crippen molar-refractivity contribution in [1.29, 1.82) is 0 Å². The first-order chi connectivity index (χ1) is 10.6. The van der Waals surface area contributed by atoms with Crippen molar-refractivity contribution >= 4 is 23.4 Å². The van der Waals surface area contributed by atoms with Crippen LogP contribution in [0.25, 0.3) is 0 Å². The summed E-state index contributed by atoms with van der Waals surface area (Å²) in [6.07, 6.45) is 5.85. The van der Waals surface area contributed by atoms with Crippen molar-refractivity contribution in [3.8, 4) is 12.3 Å². The summed E-state index contributed by atoms with van der Waals surface area (Å²) in [5.41, 5.74) is 2.09. The van der Waals surface area contributed by atoms with E-state index in [0.717, 1.165) is 5.56 Å². The van der Waals surface area contributed by atoms with Crippen LogP contribution in [0.4, 0.5) is 5.69 Å². The van der Waals surface area contributed by atoms with Crippen LogP contribution in [0.2, 0.25) is 0 Å². The summed E-state index contributed by atoms with van der Waals surface area (Å²) in [4.78, 5) is 37.4. The summed E-state index contributed by atoms with van der Waals surface area (Å²) in [5.74, 6) is 1.57. The quantitative estimate of drug-likeness (QED) is 0.629. The number of carbonyl (C=O) groups excluding carboxylic acids is 3. The molecule has 1 aromatic rings. The van der Waals surface area contributed by atoms with Crippen LogP contribution < -0.4 is 10.6 Å². The number of amides is 3. The summed E-state index contributed by atoms with van der Waals surface area (Å²) in [6, 6.07) is 4.90. The number of hydrogen-bond donors (Lipinski definition) is 2. The Labute approximate surface area is 127 Å². The van der Waals surface area contributed by atoms with Crippen molar-refractivity contribution < 1.29 is 14.4 Å². The predicted octanol–water partition coefficient (Wildman–Crippen LogP) is 0.493. The lowest BCUT2D eigenvalue weighted by Gasteiger charge is -2.29. The van der Waals surface area contributed by atoms with E-state index in [-0.39, 0.29) is 18.2 Å². The van der Waals surface area contributed by atoms with Gasteiger partial charge in [-0.25, -0.2) is 0 Å². The summed E-state index contributed by atoms with van der Waals surface area (Å²) in [7, 11) is 0. The molecule has 0 aliphatic carbocycles. The van der Waals surface area contributed by atoms with Gasteiger partial charge in [-0.15, -0.1) is 6.42 Å². The normalized spacial score (nSPS) is 20.4. The van der Waals surface area contributed by atoms with Gasteiger partial charge < -0.3 is 10.2 Å². The molecule has 0 bridgehead atoms. The molecule has 1 unspecified atom stereocenters. The van der Waals surface area contributed by atoms with E-state index in [1.54, 1.807) is 6.07 Å². The highest BCUT2D eigenvalue weighted by molar-refractivity contribution is 6.07. The zero-order valence-corrected chi connectivity index (χ0v) is 11.9. The molecule has 1 saturated heterocycles. The van der Waals surface area contributed by atoms with Gasteiger partial charge in [0.1, 0.15) is 6.04 Å². The SMILES string of the molecule is C#CCNc1cccc2c1C(=O)N(C1CCC(=O)NC1=O)C2. The van der Waals surface area contributed by atoms with Crippen LogP contribution in [0.15, 0.2) is 18.2 Å². The first-order valence-corrected chi connectivity index (χ1v) is 7.05. The maximum absolute atomic E-state index is 12.7. The minimum atomic E-state index is -0.599. The van der Waals surface area contributed by atoms with Gasteiger partial charge in [-0.1, -0.05) is 18.1 Å². The predicted molar refractivity (Wildman–Crippen MR) is 79.8 cm³/mol. The van der Waals surface area contributed by atoms with E-state index in [1.807, 2.05) is 12.1 Å². The largest absolute Gasteiger partial charge is 0.373 e. The maximum atomic E-state index is 12.7. The Morgan fingerprint density at radius 3 is 2.91 bits per heavy atom. The molecule has 22 heavy (non-hydrogen) atoms. The highest BCUT2D eigenvalue weighted by Gasteiger charge is 2.39. The number of terminal acetylenes is 1. The van der Waals surface area contributed by atoms with E-state index in [4.69, 9.17) is 6.42 Å². The zero-order valence-electron chi connectivity index (χ0n) is 11.9. The van der Waals surface area contributed by atoms with Crippen LogP contribution in [0.5, 0.6) is 0 Å². The van der Waals surface area contributed by atoms with Gasteiger partial charge in [0, 0.05) is 18.7 Å². The van der Waals surface area contributed by atoms with E-state index in [0.29, 0.717) is 30.8 Å². The number of imide groups is 1. The maximum Gasteiger partial charge on any atom is 0.257 e. The molecule has 1 aromatic carbocycles. The number of nitrogens with one attached hydrogen (secondary N) is 2. The smallest absolute Gasteiger partial charge is 0.257 e. The third kappa shape index (κ3) is 2.31. The van der Waals surface area contributed by atoms with Crippen LogP contribution >= 0.6 is 0 Å². The molecule has 112 valence electrons. The molecule has 2 heterocycles. The van der Waals surface area contributed by atoms with E-state index >= 15 is 0 Å². The molecule has 1 fully saturated rings. The lowest BCUT2D eigenvalue weighted by Crippen LogP contribution is -2.52. The Balaban J connectivity index is 1.87. The van der Waals surface area contributed by atoms with Crippen molar-refractivity contribution in [1.82, 2.24) is 10.2 Å². The standard InChI is InChI=1S/C16H15N3O3/c1-2-8-17-11-5-3-4-10-9-19(16(22)14(10)11)12-6-7-13(20)18-15(12)21/h1,3-5,12,17H,6-9H2,(H,18,20,21). The van der Waals surface area contributed by atoms with E-state index in [9.17, 15) is 14.4 Å². The van der Waals surface area contributed by atoms with Gasteiger partial charge in [0.2, 0.25) is 11.8 Å². The number of nitrogens with zero attached hydrogens (tertiary/aromatic N) is 1. The first-order valence-electron chi connectivity index (χ1n) is 7.05. The Hall–Kier alpha value is -2.81.